The predicted octanol–water partition coefficient (Wildman–Crippen LogP) is 1.92. The van der Waals surface area contributed by atoms with Crippen LogP contribution in [0.4, 0.5) is 5.69 Å². The lowest BCUT2D eigenvalue weighted by atomic mass is 10.3. The van der Waals surface area contributed by atoms with E-state index in [1.165, 1.54) is 0 Å². The molecule has 0 saturated carbocycles. The predicted molar refractivity (Wildman–Crippen MR) is 62.3 cm³/mol. The Hall–Kier alpha value is -0.910. The number of rotatable bonds is 6. The number of ether oxygens (including phenoxy) is 2. The van der Waals surface area contributed by atoms with E-state index in [1.807, 2.05) is 29.2 Å². The molecule has 0 unspecified atom stereocenters. The van der Waals surface area contributed by atoms with Gasteiger partial charge in [0.15, 0.2) is 0 Å². The van der Waals surface area contributed by atoms with Crippen LogP contribution in [0.3, 0.4) is 0 Å². The molecular formula is C10H15NO3S. The summed E-state index contributed by atoms with van der Waals surface area (Å²) >= 11 is 3.72. The number of benzene rings is 1. The fourth-order valence-corrected chi connectivity index (χ4v) is 1.34. The Labute approximate surface area is 95.4 Å². The first kappa shape index (κ1) is 12.2. The summed E-state index contributed by atoms with van der Waals surface area (Å²) in [5, 5.41) is 0. The lowest BCUT2D eigenvalue weighted by Crippen LogP contribution is -2.27. The lowest BCUT2D eigenvalue weighted by molar-refractivity contribution is 0.140. The molecule has 0 aliphatic heterocycles. The Morgan fingerprint density at radius 3 is 2.00 bits per heavy atom. The smallest absolute Gasteiger partial charge is 0.137 e. The fourth-order valence-electron chi connectivity index (χ4n) is 1.22. The minimum atomic E-state index is 0.481. The van der Waals surface area contributed by atoms with Crippen LogP contribution in [0, 0.1) is 0 Å². The largest absolute Gasteiger partial charge is 0.429 e. The Bertz CT molecular complexity index is 273. The SMILES string of the molecule is COCN(COC)c1ccc(OS)cc1. The van der Waals surface area contributed by atoms with E-state index >= 15 is 0 Å². The van der Waals surface area contributed by atoms with Gasteiger partial charge >= 0.3 is 0 Å². The number of nitrogens with zero attached hydrogens (tertiary/aromatic N) is 1. The van der Waals surface area contributed by atoms with Gasteiger partial charge in [0.05, 0.1) is 0 Å². The van der Waals surface area contributed by atoms with Crippen molar-refractivity contribution in [3.63, 3.8) is 0 Å². The lowest BCUT2D eigenvalue weighted by Gasteiger charge is -2.22. The van der Waals surface area contributed by atoms with Crippen LogP contribution in [0.15, 0.2) is 24.3 Å². The third-order valence-electron chi connectivity index (χ3n) is 1.88. The molecule has 0 fully saturated rings. The van der Waals surface area contributed by atoms with Crippen molar-refractivity contribution in [1.82, 2.24) is 0 Å². The molecule has 0 aromatic heterocycles. The Balaban J connectivity index is 2.72. The van der Waals surface area contributed by atoms with Crippen molar-refractivity contribution >= 4 is 18.6 Å². The average Bonchev–Trinajstić information content (AvgIpc) is 2.29. The van der Waals surface area contributed by atoms with Gasteiger partial charge in [-0.15, -0.1) is 0 Å². The van der Waals surface area contributed by atoms with Gasteiger partial charge in [-0.05, 0) is 24.3 Å². The zero-order valence-corrected chi connectivity index (χ0v) is 9.74. The van der Waals surface area contributed by atoms with Gasteiger partial charge in [-0.3, -0.25) is 0 Å². The maximum Gasteiger partial charge on any atom is 0.137 e. The van der Waals surface area contributed by atoms with Crippen LogP contribution in [0.25, 0.3) is 0 Å². The highest BCUT2D eigenvalue weighted by molar-refractivity contribution is 7.75. The molecule has 0 aliphatic rings. The third kappa shape index (κ3) is 3.62. The van der Waals surface area contributed by atoms with Crippen LogP contribution in [0.1, 0.15) is 0 Å². The minimum absolute atomic E-state index is 0.481. The maximum absolute atomic E-state index is 5.07. The number of anilines is 1. The van der Waals surface area contributed by atoms with E-state index < -0.39 is 0 Å². The van der Waals surface area contributed by atoms with Gasteiger partial charge in [-0.25, -0.2) is 0 Å². The van der Waals surface area contributed by atoms with Crippen molar-refractivity contribution in [3.8, 4) is 5.75 Å². The molecule has 1 aromatic carbocycles. The highest BCUT2D eigenvalue weighted by Gasteiger charge is 2.04. The van der Waals surface area contributed by atoms with Gasteiger partial charge in [0.25, 0.3) is 0 Å². The molecular weight excluding hydrogens is 214 g/mol. The summed E-state index contributed by atoms with van der Waals surface area (Å²) < 4.78 is 14.9. The summed E-state index contributed by atoms with van der Waals surface area (Å²) in [6.45, 7) is 0.962. The highest BCUT2D eigenvalue weighted by atomic mass is 32.1. The van der Waals surface area contributed by atoms with E-state index in [2.05, 4.69) is 12.9 Å². The molecule has 0 saturated heterocycles. The van der Waals surface area contributed by atoms with Gasteiger partial charge in [0.1, 0.15) is 19.2 Å². The summed E-state index contributed by atoms with van der Waals surface area (Å²) in [5.74, 6) is 0.705. The van der Waals surface area contributed by atoms with Crippen molar-refractivity contribution in [2.45, 2.75) is 0 Å². The molecule has 0 bridgehead atoms. The van der Waals surface area contributed by atoms with Gasteiger partial charge in [0.2, 0.25) is 0 Å². The first-order valence-electron chi connectivity index (χ1n) is 4.46. The van der Waals surface area contributed by atoms with E-state index in [1.54, 1.807) is 14.2 Å². The van der Waals surface area contributed by atoms with Crippen molar-refractivity contribution in [2.75, 3.05) is 32.6 Å². The molecule has 4 nitrogen and oxygen atoms in total. The highest BCUT2D eigenvalue weighted by Crippen LogP contribution is 2.19. The van der Waals surface area contributed by atoms with E-state index in [9.17, 15) is 0 Å². The summed E-state index contributed by atoms with van der Waals surface area (Å²) in [6, 6.07) is 7.51. The van der Waals surface area contributed by atoms with Crippen LogP contribution in [-0.2, 0) is 9.47 Å². The number of hydrogen-bond donors (Lipinski definition) is 1. The van der Waals surface area contributed by atoms with E-state index in [0.29, 0.717) is 19.2 Å². The van der Waals surface area contributed by atoms with Crippen LogP contribution < -0.4 is 9.08 Å². The van der Waals surface area contributed by atoms with E-state index in [4.69, 9.17) is 13.7 Å². The molecule has 0 atom stereocenters. The second-order valence-corrected chi connectivity index (χ2v) is 3.14. The molecule has 0 radical (unpaired) electrons. The Kier molecular flexibility index (Phi) is 5.31. The molecule has 0 heterocycles. The van der Waals surface area contributed by atoms with Crippen molar-refractivity contribution in [2.24, 2.45) is 0 Å². The summed E-state index contributed by atoms with van der Waals surface area (Å²) in [4.78, 5) is 1.95. The first-order valence-corrected chi connectivity index (χ1v) is 4.82. The molecule has 5 heteroatoms. The number of methoxy groups -OCH3 is 2. The molecule has 0 spiro atoms. The summed E-state index contributed by atoms with van der Waals surface area (Å²) in [7, 11) is 3.29. The Morgan fingerprint density at radius 2 is 1.60 bits per heavy atom. The van der Waals surface area contributed by atoms with Gasteiger partial charge < -0.3 is 18.6 Å². The van der Waals surface area contributed by atoms with Gasteiger partial charge in [0, 0.05) is 32.8 Å². The van der Waals surface area contributed by atoms with Crippen molar-refractivity contribution in [1.29, 1.82) is 0 Å². The third-order valence-corrected chi connectivity index (χ3v) is 2.09. The molecule has 15 heavy (non-hydrogen) atoms. The van der Waals surface area contributed by atoms with Gasteiger partial charge in [-0.2, -0.15) is 0 Å². The zero-order chi connectivity index (χ0) is 11.1. The van der Waals surface area contributed by atoms with Crippen LogP contribution >= 0.6 is 12.9 Å². The van der Waals surface area contributed by atoms with E-state index in [0.717, 1.165) is 5.69 Å². The van der Waals surface area contributed by atoms with Crippen LogP contribution in [0.5, 0.6) is 5.75 Å². The zero-order valence-electron chi connectivity index (χ0n) is 8.84. The molecule has 1 aromatic rings. The maximum atomic E-state index is 5.07. The van der Waals surface area contributed by atoms with Crippen molar-refractivity contribution in [3.05, 3.63) is 24.3 Å². The normalized spacial score (nSPS) is 10.1. The monoisotopic (exact) mass is 229 g/mol. The molecule has 84 valence electrons. The average molecular weight is 229 g/mol. The second kappa shape index (κ2) is 6.55. The standard InChI is InChI=1S/C10H15NO3S/c1-12-7-11(8-13-2)9-3-5-10(14-15)6-4-9/h3-6,15H,7-8H2,1-2H3. The molecule has 0 N–H and O–H groups in total. The fraction of sp³-hybridized carbons (Fsp3) is 0.400. The van der Waals surface area contributed by atoms with Crippen LogP contribution in [0.2, 0.25) is 0 Å². The van der Waals surface area contributed by atoms with E-state index in [-0.39, 0.29) is 0 Å². The second-order valence-electron chi connectivity index (χ2n) is 2.96. The van der Waals surface area contributed by atoms with Crippen LogP contribution in [-0.4, -0.2) is 27.7 Å². The number of thiol groups is 1. The summed E-state index contributed by atoms with van der Waals surface area (Å²) in [6.07, 6.45) is 0. The Morgan fingerprint density at radius 1 is 1.07 bits per heavy atom. The minimum Gasteiger partial charge on any atom is -0.429 e. The molecule has 0 amide bonds. The topological polar surface area (TPSA) is 30.9 Å². The molecule has 1 rings (SSSR count). The molecule has 0 aliphatic carbocycles. The quantitative estimate of drug-likeness (QED) is 0.459. The van der Waals surface area contributed by atoms with Gasteiger partial charge in [-0.1, -0.05) is 0 Å². The van der Waals surface area contributed by atoms with Crippen molar-refractivity contribution < 1.29 is 13.7 Å². The first-order chi connectivity index (χ1) is 7.31. The number of hydrogen-bond acceptors (Lipinski definition) is 5. The summed E-state index contributed by atoms with van der Waals surface area (Å²) in [5.41, 5.74) is 1.01.